The number of aryl methyl sites for hydroxylation is 2. The number of aliphatic carboxylic acids is 1. The summed E-state index contributed by atoms with van der Waals surface area (Å²) in [6.45, 7) is 6.96. The van der Waals surface area contributed by atoms with E-state index in [-0.39, 0.29) is 12.3 Å². The van der Waals surface area contributed by atoms with Gasteiger partial charge in [0.15, 0.2) is 0 Å². The predicted octanol–water partition coefficient (Wildman–Crippen LogP) is 1.68. The zero-order valence-electron chi connectivity index (χ0n) is 11.1. The number of hydrogen-bond donors (Lipinski definition) is 2. The molecule has 0 unspecified atom stereocenters. The molecule has 0 aromatic carbocycles. The van der Waals surface area contributed by atoms with E-state index in [1.54, 1.807) is 32.9 Å². The van der Waals surface area contributed by atoms with Crippen LogP contribution >= 0.6 is 0 Å². The van der Waals surface area contributed by atoms with Crippen molar-refractivity contribution in [1.82, 2.24) is 10.3 Å². The van der Waals surface area contributed by atoms with Crippen LogP contribution in [0, 0.1) is 13.8 Å². The Balaban J connectivity index is 2.85. The maximum absolute atomic E-state index is 12.0. The number of amides is 1. The van der Waals surface area contributed by atoms with Crippen LogP contribution in [0.5, 0.6) is 0 Å². The van der Waals surface area contributed by atoms with Crippen molar-refractivity contribution >= 4 is 11.9 Å². The number of aromatic nitrogens is 1. The van der Waals surface area contributed by atoms with E-state index >= 15 is 0 Å². The van der Waals surface area contributed by atoms with Crippen LogP contribution in [-0.4, -0.2) is 27.5 Å². The topological polar surface area (TPSA) is 79.3 Å². The molecule has 0 atom stereocenters. The van der Waals surface area contributed by atoms with E-state index in [0.717, 1.165) is 5.69 Å². The summed E-state index contributed by atoms with van der Waals surface area (Å²) < 4.78 is 0. The Labute approximate surface area is 106 Å². The molecule has 1 aromatic rings. The van der Waals surface area contributed by atoms with Gasteiger partial charge in [-0.3, -0.25) is 14.6 Å². The Morgan fingerprint density at radius 3 is 2.44 bits per heavy atom. The van der Waals surface area contributed by atoms with Crippen LogP contribution in [0.1, 0.15) is 42.0 Å². The maximum atomic E-state index is 12.0. The van der Waals surface area contributed by atoms with Crippen molar-refractivity contribution in [3.8, 4) is 0 Å². The first-order valence-electron chi connectivity index (χ1n) is 5.70. The van der Waals surface area contributed by atoms with E-state index in [1.807, 2.05) is 6.92 Å². The molecule has 0 spiro atoms. The van der Waals surface area contributed by atoms with Crippen LogP contribution in [0.4, 0.5) is 0 Å². The lowest BCUT2D eigenvalue weighted by Gasteiger charge is -2.24. The number of carboxylic acids is 1. The lowest BCUT2D eigenvalue weighted by Crippen LogP contribution is -2.45. The molecule has 0 aliphatic heterocycles. The standard InChI is InChI=1S/C13H18N2O3/c1-8-5-6-10(9(2)14-8)12(18)15-13(3,4)7-11(16)17/h5-6H,7H2,1-4H3,(H,15,18)(H,16,17). The summed E-state index contributed by atoms with van der Waals surface area (Å²) in [7, 11) is 0. The highest BCUT2D eigenvalue weighted by molar-refractivity contribution is 5.95. The van der Waals surface area contributed by atoms with Gasteiger partial charge in [-0.2, -0.15) is 0 Å². The largest absolute Gasteiger partial charge is 0.481 e. The third-order valence-corrected chi connectivity index (χ3v) is 2.51. The summed E-state index contributed by atoms with van der Waals surface area (Å²) in [6, 6.07) is 3.45. The fraction of sp³-hybridized carbons (Fsp3) is 0.462. The van der Waals surface area contributed by atoms with Crippen molar-refractivity contribution in [2.24, 2.45) is 0 Å². The molecule has 0 bridgehead atoms. The maximum Gasteiger partial charge on any atom is 0.305 e. The average Bonchev–Trinajstić information content (AvgIpc) is 2.13. The number of carbonyl (C=O) groups excluding carboxylic acids is 1. The highest BCUT2D eigenvalue weighted by Gasteiger charge is 2.25. The lowest BCUT2D eigenvalue weighted by atomic mass is 10.00. The summed E-state index contributed by atoms with van der Waals surface area (Å²) in [4.78, 5) is 26.9. The Hall–Kier alpha value is -1.91. The Morgan fingerprint density at radius 1 is 1.33 bits per heavy atom. The van der Waals surface area contributed by atoms with Gasteiger partial charge < -0.3 is 10.4 Å². The first kappa shape index (κ1) is 14.2. The molecule has 1 heterocycles. The van der Waals surface area contributed by atoms with E-state index in [1.165, 1.54) is 0 Å². The highest BCUT2D eigenvalue weighted by atomic mass is 16.4. The van der Waals surface area contributed by atoms with Gasteiger partial charge in [0.25, 0.3) is 5.91 Å². The number of rotatable bonds is 4. The van der Waals surface area contributed by atoms with Gasteiger partial charge in [-0.15, -0.1) is 0 Å². The normalized spacial score (nSPS) is 11.1. The smallest absolute Gasteiger partial charge is 0.305 e. The first-order valence-corrected chi connectivity index (χ1v) is 5.70. The van der Waals surface area contributed by atoms with E-state index in [2.05, 4.69) is 10.3 Å². The van der Waals surface area contributed by atoms with Crippen molar-refractivity contribution in [1.29, 1.82) is 0 Å². The highest BCUT2D eigenvalue weighted by Crippen LogP contribution is 2.12. The molecule has 98 valence electrons. The molecule has 0 radical (unpaired) electrons. The summed E-state index contributed by atoms with van der Waals surface area (Å²) in [5.74, 6) is -1.25. The van der Waals surface area contributed by atoms with E-state index in [9.17, 15) is 9.59 Å². The molecule has 0 aliphatic carbocycles. The van der Waals surface area contributed by atoms with Crippen molar-refractivity contribution in [3.05, 3.63) is 29.1 Å². The van der Waals surface area contributed by atoms with E-state index in [0.29, 0.717) is 11.3 Å². The molecular formula is C13H18N2O3. The number of nitrogens with one attached hydrogen (secondary N) is 1. The van der Waals surface area contributed by atoms with E-state index in [4.69, 9.17) is 5.11 Å². The first-order chi connectivity index (χ1) is 8.21. The van der Waals surface area contributed by atoms with Crippen molar-refractivity contribution in [2.45, 2.75) is 39.7 Å². The number of hydrogen-bond acceptors (Lipinski definition) is 3. The molecule has 1 aromatic heterocycles. The lowest BCUT2D eigenvalue weighted by molar-refractivity contribution is -0.138. The molecule has 0 saturated carbocycles. The Morgan fingerprint density at radius 2 is 1.94 bits per heavy atom. The van der Waals surface area contributed by atoms with Crippen molar-refractivity contribution in [2.75, 3.05) is 0 Å². The molecule has 0 aliphatic rings. The molecule has 18 heavy (non-hydrogen) atoms. The third kappa shape index (κ3) is 3.84. The van der Waals surface area contributed by atoms with Gasteiger partial charge in [-0.05, 0) is 39.8 Å². The fourth-order valence-electron chi connectivity index (χ4n) is 1.72. The second-order valence-corrected chi connectivity index (χ2v) is 4.99. The van der Waals surface area contributed by atoms with Crippen LogP contribution in [0.15, 0.2) is 12.1 Å². The van der Waals surface area contributed by atoms with Crippen molar-refractivity contribution < 1.29 is 14.7 Å². The Kier molecular flexibility index (Phi) is 4.06. The minimum atomic E-state index is -0.945. The second-order valence-electron chi connectivity index (χ2n) is 4.99. The molecule has 0 fully saturated rings. The number of carboxylic acid groups (broad SMARTS) is 1. The monoisotopic (exact) mass is 250 g/mol. The summed E-state index contributed by atoms with van der Waals surface area (Å²) in [5, 5.41) is 11.5. The minimum Gasteiger partial charge on any atom is -0.481 e. The number of nitrogens with zero attached hydrogens (tertiary/aromatic N) is 1. The quantitative estimate of drug-likeness (QED) is 0.852. The van der Waals surface area contributed by atoms with Gasteiger partial charge in [-0.1, -0.05) is 0 Å². The molecule has 2 N–H and O–H groups in total. The van der Waals surface area contributed by atoms with Gasteiger partial charge in [0.2, 0.25) is 0 Å². The molecule has 5 nitrogen and oxygen atoms in total. The summed E-state index contributed by atoms with van der Waals surface area (Å²) >= 11 is 0. The van der Waals surface area contributed by atoms with Gasteiger partial charge in [-0.25, -0.2) is 0 Å². The SMILES string of the molecule is Cc1ccc(C(=O)NC(C)(C)CC(=O)O)c(C)n1. The van der Waals surface area contributed by atoms with Gasteiger partial charge in [0, 0.05) is 11.2 Å². The second kappa shape index (κ2) is 5.16. The third-order valence-electron chi connectivity index (χ3n) is 2.51. The fourth-order valence-corrected chi connectivity index (χ4v) is 1.72. The zero-order valence-corrected chi connectivity index (χ0v) is 11.1. The van der Waals surface area contributed by atoms with E-state index < -0.39 is 11.5 Å². The zero-order chi connectivity index (χ0) is 13.9. The molecule has 1 amide bonds. The molecular weight excluding hydrogens is 232 g/mol. The van der Waals surface area contributed by atoms with Gasteiger partial charge in [0.1, 0.15) is 0 Å². The van der Waals surface area contributed by atoms with Gasteiger partial charge >= 0.3 is 5.97 Å². The Bertz CT molecular complexity index is 481. The van der Waals surface area contributed by atoms with Crippen molar-refractivity contribution in [3.63, 3.8) is 0 Å². The van der Waals surface area contributed by atoms with Crippen LogP contribution < -0.4 is 5.32 Å². The summed E-state index contributed by atoms with van der Waals surface area (Å²) in [5.41, 5.74) is 1.16. The van der Waals surface area contributed by atoms with Crippen LogP contribution in [0.2, 0.25) is 0 Å². The van der Waals surface area contributed by atoms with Crippen LogP contribution in [-0.2, 0) is 4.79 Å². The number of carbonyl (C=O) groups is 2. The minimum absolute atomic E-state index is 0.128. The van der Waals surface area contributed by atoms with Crippen LogP contribution in [0.25, 0.3) is 0 Å². The molecule has 0 saturated heterocycles. The average molecular weight is 250 g/mol. The summed E-state index contributed by atoms with van der Waals surface area (Å²) in [6.07, 6.45) is -0.128. The molecule has 5 heteroatoms. The predicted molar refractivity (Wildman–Crippen MR) is 67.5 cm³/mol. The van der Waals surface area contributed by atoms with Gasteiger partial charge in [0.05, 0.1) is 17.7 Å². The van der Waals surface area contributed by atoms with Crippen LogP contribution in [0.3, 0.4) is 0 Å². The number of pyridine rings is 1. The molecule has 1 rings (SSSR count).